The van der Waals surface area contributed by atoms with E-state index in [1.807, 2.05) is 0 Å². The van der Waals surface area contributed by atoms with Gasteiger partial charge in [-0.25, -0.2) is 0 Å². The van der Waals surface area contributed by atoms with Crippen molar-refractivity contribution < 1.29 is 0 Å². The molecule has 0 saturated carbocycles. The van der Waals surface area contributed by atoms with Crippen LogP contribution in [0.5, 0.6) is 0 Å². The minimum absolute atomic E-state index is 1.19. The van der Waals surface area contributed by atoms with Gasteiger partial charge in [-0.05, 0) is 63.5 Å². The van der Waals surface area contributed by atoms with Gasteiger partial charge in [0.25, 0.3) is 0 Å². The molecule has 2 radical (unpaired) electrons. The highest BCUT2D eigenvalue weighted by Gasteiger charge is 1.88. The Labute approximate surface area is 76.4 Å². The number of hydrogen-bond donors (Lipinski definition) is 0. The third kappa shape index (κ3) is 5.17. The van der Waals surface area contributed by atoms with Crippen LogP contribution in [-0.2, 0) is 0 Å². The van der Waals surface area contributed by atoms with E-state index in [-0.39, 0.29) is 0 Å². The zero-order valence-electron chi connectivity index (χ0n) is 7.81. The van der Waals surface area contributed by atoms with Crippen LogP contribution in [0.15, 0.2) is 12.2 Å². The van der Waals surface area contributed by atoms with Crippen LogP contribution in [0.25, 0.3) is 0 Å². The van der Waals surface area contributed by atoms with Crippen LogP contribution in [0.3, 0.4) is 0 Å². The molecule has 0 N–H and O–H groups in total. The Hall–Kier alpha value is -0.520. The number of hydrogen-bond acceptors (Lipinski definition) is 0. The highest BCUT2D eigenvalue weighted by molar-refractivity contribution is 4.78. The zero-order chi connectivity index (χ0) is 8.49. The fraction of sp³-hybridized carbons (Fsp3) is 0.667. The predicted octanol–water partition coefficient (Wildman–Crippen LogP) is 3.84. The lowest BCUT2D eigenvalue weighted by Crippen LogP contribution is -1.78. The average Bonchev–Trinajstić information content (AvgIpc) is 2.24. The quantitative estimate of drug-likeness (QED) is 0.507. The molecule has 0 fully saturated rings. The third-order valence-electron chi connectivity index (χ3n) is 2.13. The first-order valence-electron chi connectivity index (χ1n) is 5.10. The summed E-state index contributed by atoms with van der Waals surface area (Å²) in [5.74, 6) is 0. The second-order valence-corrected chi connectivity index (χ2v) is 3.31. The van der Waals surface area contributed by atoms with Gasteiger partial charge >= 0.3 is 0 Å². The van der Waals surface area contributed by atoms with Crippen molar-refractivity contribution in [3.8, 4) is 0 Å². The average molecular weight is 162 g/mol. The van der Waals surface area contributed by atoms with Crippen LogP contribution in [0.4, 0.5) is 0 Å². The molecule has 0 aromatic carbocycles. The Morgan fingerprint density at radius 1 is 0.667 bits per heavy atom. The molecule has 0 aromatic heterocycles. The van der Waals surface area contributed by atoms with Crippen molar-refractivity contribution in [2.24, 2.45) is 0 Å². The van der Waals surface area contributed by atoms with Crippen LogP contribution in [0.2, 0.25) is 0 Å². The van der Waals surface area contributed by atoms with Crippen LogP contribution in [0, 0.1) is 12.2 Å². The van der Waals surface area contributed by atoms with Gasteiger partial charge in [0.2, 0.25) is 0 Å². The molecule has 0 amide bonds. The van der Waals surface area contributed by atoms with Crippen molar-refractivity contribution in [3.63, 3.8) is 0 Å². The maximum absolute atomic E-state index is 3.16. The minimum atomic E-state index is 1.19. The van der Waals surface area contributed by atoms with Gasteiger partial charge in [0.15, 0.2) is 0 Å². The molecule has 66 valence electrons. The largest absolute Gasteiger partial charge is 0.0811 e. The standard InChI is InChI=1S/2C6H9/c2*1-2-4-6-5-3-1/h2*1H,2,4-6H2. The van der Waals surface area contributed by atoms with Crippen molar-refractivity contribution in [2.45, 2.75) is 51.4 Å². The Balaban J connectivity index is 0.000000120. The summed E-state index contributed by atoms with van der Waals surface area (Å²) in [6.07, 6.45) is 21.0. The summed E-state index contributed by atoms with van der Waals surface area (Å²) in [6.45, 7) is 0. The van der Waals surface area contributed by atoms with Gasteiger partial charge in [-0.3, -0.25) is 0 Å². The van der Waals surface area contributed by atoms with Gasteiger partial charge in [-0.1, -0.05) is 12.2 Å². The highest BCUT2D eigenvalue weighted by Crippen LogP contribution is 2.06. The van der Waals surface area contributed by atoms with Gasteiger partial charge in [0.05, 0.1) is 0 Å². The van der Waals surface area contributed by atoms with E-state index < -0.39 is 0 Å². The van der Waals surface area contributed by atoms with Crippen molar-refractivity contribution in [3.05, 3.63) is 24.3 Å². The topological polar surface area (TPSA) is 0 Å². The molecular weight excluding hydrogens is 144 g/mol. The van der Waals surface area contributed by atoms with E-state index in [0.717, 1.165) is 0 Å². The first-order valence-corrected chi connectivity index (χ1v) is 5.10. The molecule has 12 heavy (non-hydrogen) atoms. The third-order valence-corrected chi connectivity index (χ3v) is 2.13. The lowest BCUT2D eigenvalue weighted by molar-refractivity contribution is 0.718. The van der Waals surface area contributed by atoms with E-state index in [0.29, 0.717) is 0 Å². The van der Waals surface area contributed by atoms with Crippen LogP contribution in [0.1, 0.15) is 51.4 Å². The van der Waals surface area contributed by atoms with Gasteiger partial charge in [0, 0.05) is 0 Å². The second kappa shape index (κ2) is 7.15. The zero-order valence-corrected chi connectivity index (χ0v) is 7.81. The fourth-order valence-corrected chi connectivity index (χ4v) is 1.36. The Kier molecular flexibility index (Phi) is 5.70. The summed E-state index contributed by atoms with van der Waals surface area (Å²) < 4.78 is 0. The molecule has 0 heteroatoms. The van der Waals surface area contributed by atoms with E-state index in [2.05, 4.69) is 24.3 Å². The lowest BCUT2D eigenvalue weighted by atomic mass is 10.1. The monoisotopic (exact) mass is 162 g/mol. The molecule has 2 rings (SSSR count). The molecule has 0 bridgehead atoms. The molecule has 2 aliphatic rings. The summed E-state index contributed by atoms with van der Waals surface area (Å²) in [4.78, 5) is 0. The van der Waals surface area contributed by atoms with Crippen molar-refractivity contribution in [2.75, 3.05) is 0 Å². The van der Waals surface area contributed by atoms with E-state index in [4.69, 9.17) is 0 Å². The second-order valence-electron chi connectivity index (χ2n) is 3.31. The lowest BCUT2D eigenvalue weighted by Gasteiger charge is -1.96. The molecule has 0 unspecified atom stereocenters. The Bertz CT molecular complexity index is 108. The molecule has 0 atom stereocenters. The summed E-state index contributed by atoms with van der Waals surface area (Å²) in [6, 6.07) is 0. The number of rotatable bonds is 0. The van der Waals surface area contributed by atoms with Crippen LogP contribution in [-0.4, -0.2) is 0 Å². The van der Waals surface area contributed by atoms with Crippen LogP contribution >= 0.6 is 0 Å². The van der Waals surface area contributed by atoms with Gasteiger partial charge in [0.1, 0.15) is 0 Å². The van der Waals surface area contributed by atoms with E-state index in [1.54, 1.807) is 0 Å². The summed E-state index contributed by atoms with van der Waals surface area (Å²) in [7, 11) is 0. The normalized spacial score (nSPS) is 21.3. The summed E-state index contributed by atoms with van der Waals surface area (Å²) in [5.41, 5.74) is 0. The molecular formula is C12H18. The van der Waals surface area contributed by atoms with Gasteiger partial charge in [-0.15, -0.1) is 0 Å². The molecule has 2 aliphatic carbocycles. The Morgan fingerprint density at radius 2 is 1.17 bits per heavy atom. The fourth-order valence-electron chi connectivity index (χ4n) is 1.36. The van der Waals surface area contributed by atoms with Crippen molar-refractivity contribution in [1.82, 2.24) is 0 Å². The van der Waals surface area contributed by atoms with Crippen molar-refractivity contribution >= 4 is 0 Å². The smallest absolute Gasteiger partial charge is 0.0279 e. The first kappa shape index (κ1) is 9.57. The SMILES string of the molecule is [C]1=CCCCC1.[C]1=CCCCC1. The minimum Gasteiger partial charge on any atom is -0.0811 e. The van der Waals surface area contributed by atoms with E-state index in [9.17, 15) is 0 Å². The van der Waals surface area contributed by atoms with Gasteiger partial charge < -0.3 is 0 Å². The summed E-state index contributed by atoms with van der Waals surface area (Å²) >= 11 is 0. The molecule has 0 aliphatic heterocycles. The predicted molar refractivity (Wildman–Crippen MR) is 52.6 cm³/mol. The molecule has 0 heterocycles. The maximum atomic E-state index is 3.16. The van der Waals surface area contributed by atoms with Crippen LogP contribution < -0.4 is 0 Å². The molecule has 0 saturated heterocycles. The highest BCUT2D eigenvalue weighted by atomic mass is 13.9. The maximum Gasteiger partial charge on any atom is -0.0279 e. The number of allylic oxidation sites excluding steroid dienone is 4. The molecule has 0 aromatic rings. The first-order chi connectivity index (χ1) is 6.00. The van der Waals surface area contributed by atoms with Gasteiger partial charge in [-0.2, -0.15) is 0 Å². The van der Waals surface area contributed by atoms with Crippen molar-refractivity contribution in [1.29, 1.82) is 0 Å². The Morgan fingerprint density at radius 3 is 1.25 bits per heavy atom. The van der Waals surface area contributed by atoms with E-state index in [1.165, 1.54) is 51.4 Å². The van der Waals surface area contributed by atoms with E-state index >= 15 is 0 Å². The molecule has 0 nitrogen and oxygen atoms in total. The molecule has 0 spiro atoms. The summed E-state index contributed by atoms with van der Waals surface area (Å²) in [5, 5.41) is 0.